The van der Waals surface area contributed by atoms with Gasteiger partial charge in [-0.3, -0.25) is 0 Å². The fourth-order valence-electron chi connectivity index (χ4n) is 1.50. The van der Waals surface area contributed by atoms with Gasteiger partial charge in [-0.2, -0.15) is 0 Å². The number of nitrogens with one attached hydrogen (secondary N) is 1. The Balaban J connectivity index is 2.92. The minimum absolute atomic E-state index is 0.170. The minimum atomic E-state index is 0.170. The lowest BCUT2D eigenvalue weighted by molar-refractivity contribution is 0.281. The van der Waals surface area contributed by atoms with E-state index < -0.39 is 0 Å². The molecule has 0 radical (unpaired) electrons. The summed E-state index contributed by atoms with van der Waals surface area (Å²) in [6.07, 6.45) is 3.36. The molecular weight excluding hydrogens is 162 g/mol. The lowest BCUT2D eigenvalue weighted by atomic mass is 9.85. The van der Waals surface area contributed by atoms with Crippen molar-refractivity contribution in [1.29, 1.82) is 0 Å². The Labute approximate surface area is 79.6 Å². The topological polar surface area (TPSA) is 37.8 Å². The zero-order chi connectivity index (χ0) is 9.90. The van der Waals surface area contributed by atoms with E-state index in [-0.39, 0.29) is 11.5 Å². The molecule has 1 unspecified atom stereocenters. The summed E-state index contributed by atoms with van der Waals surface area (Å²) in [6, 6.07) is 2.22. The van der Waals surface area contributed by atoms with Gasteiger partial charge in [0.25, 0.3) is 0 Å². The van der Waals surface area contributed by atoms with Crippen LogP contribution in [0.2, 0.25) is 0 Å². The maximum Gasteiger partial charge on any atom is 0.115 e. The van der Waals surface area contributed by atoms with E-state index in [0.717, 1.165) is 5.69 Å². The van der Waals surface area contributed by atoms with Gasteiger partial charge in [-0.05, 0) is 18.5 Å². The number of nitrogens with zero attached hydrogens (tertiary/aromatic N) is 2. The molecule has 72 valence electrons. The normalized spacial score (nSPS) is 14.2. The van der Waals surface area contributed by atoms with Crippen molar-refractivity contribution in [3.8, 4) is 0 Å². The van der Waals surface area contributed by atoms with Gasteiger partial charge in [-0.1, -0.05) is 20.8 Å². The average molecular weight is 179 g/mol. The third-order valence-corrected chi connectivity index (χ3v) is 2.06. The maximum absolute atomic E-state index is 4.24. The standard InChI is InChI=1S/C10H17N3/c1-10(2,3)9(11-4)8-5-6-12-7-13-8/h5-7,9,11H,1-4H3. The van der Waals surface area contributed by atoms with Crippen molar-refractivity contribution in [2.45, 2.75) is 26.8 Å². The van der Waals surface area contributed by atoms with Gasteiger partial charge in [0.15, 0.2) is 0 Å². The monoisotopic (exact) mass is 179 g/mol. The first-order valence-corrected chi connectivity index (χ1v) is 4.49. The molecule has 1 N–H and O–H groups in total. The van der Waals surface area contributed by atoms with E-state index in [1.807, 2.05) is 13.1 Å². The second-order valence-electron chi connectivity index (χ2n) is 4.22. The second kappa shape index (κ2) is 3.83. The molecule has 1 atom stereocenters. The van der Waals surface area contributed by atoms with Crippen molar-refractivity contribution in [2.24, 2.45) is 5.41 Å². The first-order valence-electron chi connectivity index (χ1n) is 4.49. The highest BCUT2D eigenvalue weighted by Gasteiger charge is 2.25. The van der Waals surface area contributed by atoms with Gasteiger partial charge < -0.3 is 5.32 Å². The van der Waals surface area contributed by atoms with Crippen LogP contribution in [0.25, 0.3) is 0 Å². The molecule has 0 aliphatic carbocycles. The molecule has 0 aliphatic heterocycles. The lowest BCUT2D eigenvalue weighted by Crippen LogP contribution is -2.30. The quantitative estimate of drug-likeness (QED) is 0.752. The van der Waals surface area contributed by atoms with Crippen LogP contribution in [-0.2, 0) is 0 Å². The van der Waals surface area contributed by atoms with E-state index in [4.69, 9.17) is 0 Å². The van der Waals surface area contributed by atoms with Gasteiger partial charge in [0.05, 0.1) is 11.7 Å². The van der Waals surface area contributed by atoms with Crippen molar-refractivity contribution in [1.82, 2.24) is 15.3 Å². The molecule has 0 amide bonds. The summed E-state index contributed by atoms with van der Waals surface area (Å²) in [5, 5.41) is 3.27. The Morgan fingerprint density at radius 3 is 2.46 bits per heavy atom. The molecular formula is C10H17N3. The second-order valence-corrected chi connectivity index (χ2v) is 4.22. The van der Waals surface area contributed by atoms with E-state index in [1.54, 1.807) is 12.5 Å². The van der Waals surface area contributed by atoms with Crippen LogP contribution in [0.3, 0.4) is 0 Å². The Morgan fingerprint density at radius 2 is 2.08 bits per heavy atom. The van der Waals surface area contributed by atoms with Gasteiger partial charge >= 0.3 is 0 Å². The van der Waals surface area contributed by atoms with Crippen LogP contribution in [0.1, 0.15) is 32.5 Å². The highest BCUT2D eigenvalue weighted by molar-refractivity contribution is 5.07. The number of rotatable bonds is 2. The molecule has 1 heterocycles. The van der Waals surface area contributed by atoms with E-state index in [2.05, 4.69) is 36.1 Å². The largest absolute Gasteiger partial charge is 0.311 e. The number of aromatic nitrogens is 2. The predicted molar refractivity (Wildman–Crippen MR) is 53.3 cm³/mol. The minimum Gasteiger partial charge on any atom is -0.311 e. The van der Waals surface area contributed by atoms with Crippen molar-refractivity contribution in [3.05, 3.63) is 24.3 Å². The molecule has 1 aromatic heterocycles. The van der Waals surface area contributed by atoms with Crippen LogP contribution < -0.4 is 5.32 Å². The predicted octanol–water partition coefficient (Wildman–Crippen LogP) is 1.78. The van der Waals surface area contributed by atoms with E-state index in [1.165, 1.54) is 0 Å². The van der Waals surface area contributed by atoms with Crippen LogP contribution in [0.15, 0.2) is 18.6 Å². The fourth-order valence-corrected chi connectivity index (χ4v) is 1.50. The summed E-state index contributed by atoms with van der Waals surface area (Å²) in [5.41, 5.74) is 1.22. The molecule has 0 bridgehead atoms. The molecule has 1 aromatic rings. The van der Waals surface area contributed by atoms with Gasteiger partial charge in [0, 0.05) is 6.20 Å². The molecule has 0 fully saturated rings. The van der Waals surface area contributed by atoms with E-state index in [0.29, 0.717) is 0 Å². The van der Waals surface area contributed by atoms with Gasteiger partial charge in [0.2, 0.25) is 0 Å². The van der Waals surface area contributed by atoms with E-state index in [9.17, 15) is 0 Å². The SMILES string of the molecule is CNC(c1ccncn1)C(C)(C)C. The molecule has 3 heteroatoms. The Bertz CT molecular complexity index is 251. The fraction of sp³-hybridized carbons (Fsp3) is 0.600. The lowest BCUT2D eigenvalue weighted by Gasteiger charge is -2.29. The molecule has 0 aliphatic rings. The van der Waals surface area contributed by atoms with Crippen LogP contribution >= 0.6 is 0 Å². The Kier molecular flexibility index (Phi) is 2.98. The first kappa shape index (κ1) is 10.1. The van der Waals surface area contributed by atoms with Gasteiger partial charge in [-0.25, -0.2) is 9.97 Å². The third kappa shape index (κ3) is 2.49. The number of hydrogen-bond acceptors (Lipinski definition) is 3. The van der Waals surface area contributed by atoms with Crippen LogP contribution in [0.5, 0.6) is 0 Å². The Hall–Kier alpha value is -0.960. The number of hydrogen-bond donors (Lipinski definition) is 1. The molecule has 0 aromatic carbocycles. The molecule has 0 saturated carbocycles. The first-order chi connectivity index (χ1) is 6.05. The molecule has 1 rings (SSSR count). The van der Waals surface area contributed by atoms with Crippen LogP contribution in [0.4, 0.5) is 0 Å². The summed E-state index contributed by atoms with van der Waals surface area (Å²) in [6.45, 7) is 6.57. The Morgan fingerprint density at radius 1 is 1.38 bits per heavy atom. The smallest absolute Gasteiger partial charge is 0.115 e. The summed E-state index contributed by atoms with van der Waals surface area (Å²) >= 11 is 0. The van der Waals surface area contributed by atoms with Crippen molar-refractivity contribution in [3.63, 3.8) is 0 Å². The highest BCUT2D eigenvalue weighted by Crippen LogP contribution is 2.30. The van der Waals surface area contributed by atoms with Gasteiger partial charge in [-0.15, -0.1) is 0 Å². The van der Waals surface area contributed by atoms with E-state index >= 15 is 0 Å². The summed E-state index contributed by atoms with van der Waals surface area (Å²) in [4.78, 5) is 8.15. The summed E-state index contributed by atoms with van der Waals surface area (Å²) < 4.78 is 0. The highest BCUT2D eigenvalue weighted by atomic mass is 14.9. The summed E-state index contributed by atoms with van der Waals surface area (Å²) in [7, 11) is 1.96. The van der Waals surface area contributed by atoms with Crippen molar-refractivity contribution >= 4 is 0 Å². The average Bonchev–Trinajstić information content (AvgIpc) is 2.05. The van der Waals surface area contributed by atoms with Crippen LogP contribution in [-0.4, -0.2) is 17.0 Å². The van der Waals surface area contributed by atoms with Crippen LogP contribution in [0, 0.1) is 5.41 Å². The molecule has 3 nitrogen and oxygen atoms in total. The third-order valence-electron chi connectivity index (χ3n) is 2.06. The summed E-state index contributed by atoms with van der Waals surface area (Å²) in [5.74, 6) is 0. The zero-order valence-electron chi connectivity index (χ0n) is 8.70. The maximum atomic E-state index is 4.24. The van der Waals surface area contributed by atoms with Crippen molar-refractivity contribution in [2.75, 3.05) is 7.05 Å². The van der Waals surface area contributed by atoms with Crippen molar-refractivity contribution < 1.29 is 0 Å². The molecule has 0 saturated heterocycles. The van der Waals surface area contributed by atoms with Gasteiger partial charge in [0.1, 0.15) is 6.33 Å². The molecule has 13 heavy (non-hydrogen) atoms. The zero-order valence-corrected chi connectivity index (χ0v) is 8.70. The molecule has 0 spiro atoms.